The minimum Gasteiger partial charge on any atom is -0.362 e. The molecule has 1 aromatic rings. The second-order valence-corrected chi connectivity index (χ2v) is 8.03. The van der Waals surface area contributed by atoms with E-state index in [1.807, 2.05) is 0 Å². The van der Waals surface area contributed by atoms with Crippen LogP contribution in [0.5, 0.6) is 0 Å². The summed E-state index contributed by atoms with van der Waals surface area (Å²) in [5.41, 5.74) is 0.132. The Kier molecular flexibility index (Phi) is 6.71. The van der Waals surface area contributed by atoms with Crippen LogP contribution in [0, 0.1) is 16.0 Å². The van der Waals surface area contributed by atoms with E-state index in [1.54, 1.807) is 9.80 Å². The van der Waals surface area contributed by atoms with Crippen LogP contribution in [-0.4, -0.2) is 60.0 Å². The molecular weight excluding hydrogens is 417 g/mol. The van der Waals surface area contributed by atoms with Crippen molar-refractivity contribution in [2.45, 2.75) is 44.8 Å². The van der Waals surface area contributed by atoms with Crippen molar-refractivity contribution in [1.82, 2.24) is 10.2 Å². The van der Waals surface area contributed by atoms with E-state index in [4.69, 9.17) is 0 Å². The molecule has 2 aliphatic rings. The van der Waals surface area contributed by atoms with E-state index < -0.39 is 29.0 Å². The smallest absolute Gasteiger partial charge is 0.362 e. The van der Waals surface area contributed by atoms with Gasteiger partial charge in [-0.2, -0.15) is 13.2 Å². The number of carbonyl (C=O) groups excluding carboxylic acids is 2. The molecule has 1 aliphatic heterocycles. The standard InChI is InChI=1S/C20H25F3N4O4/c1-13(28)25-7-9-26(10-8-25)17-6-5-14(11-18(17)27(30)31)19(29)24-16-4-2-3-15(12-16)20(21,22)23/h5-6,11,15-16H,2-4,7-10,12H2,1H3,(H,24,29)/t15-,16+/m1/s1. The van der Waals surface area contributed by atoms with Crippen LogP contribution in [0.4, 0.5) is 24.5 Å². The largest absolute Gasteiger partial charge is 0.391 e. The monoisotopic (exact) mass is 442 g/mol. The topological polar surface area (TPSA) is 95.8 Å². The van der Waals surface area contributed by atoms with E-state index in [1.165, 1.54) is 19.1 Å². The summed E-state index contributed by atoms with van der Waals surface area (Å²) >= 11 is 0. The molecule has 31 heavy (non-hydrogen) atoms. The maximum atomic E-state index is 13.0. The minimum absolute atomic E-state index is 0.0342. The molecule has 2 atom stereocenters. The first-order valence-electron chi connectivity index (χ1n) is 10.2. The molecule has 1 N–H and O–H groups in total. The van der Waals surface area contributed by atoms with Crippen LogP contribution >= 0.6 is 0 Å². The molecule has 1 aromatic carbocycles. The number of nitro benzene ring substituents is 1. The number of benzene rings is 1. The van der Waals surface area contributed by atoms with Gasteiger partial charge >= 0.3 is 6.18 Å². The Bertz CT molecular complexity index is 853. The van der Waals surface area contributed by atoms with E-state index in [9.17, 15) is 32.9 Å². The summed E-state index contributed by atoms with van der Waals surface area (Å²) in [6.07, 6.45) is -3.63. The molecule has 0 unspecified atom stereocenters. The molecule has 170 valence electrons. The van der Waals surface area contributed by atoms with Gasteiger partial charge < -0.3 is 15.1 Å². The maximum Gasteiger partial charge on any atom is 0.391 e. The van der Waals surface area contributed by atoms with Crippen molar-refractivity contribution in [3.05, 3.63) is 33.9 Å². The quantitative estimate of drug-likeness (QED) is 0.571. The van der Waals surface area contributed by atoms with Crippen LogP contribution in [-0.2, 0) is 4.79 Å². The Labute approximate surface area is 177 Å². The lowest BCUT2D eigenvalue weighted by atomic mass is 9.85. The molecule has 8 nitrogen and oxygen atoms in total. The lowest BCUT2D eigenvalue weighted by Crippen LogP contribution is -2.48. The molecule has 0 radical (unpaired) electrons. The third-order valence-corrected chi connectivity index (χ3v) is 5.97. The van der Waals surface area contributed by atoms with Crippen molar-refractivity contribution in [2.24, 2.45) is 5.92 Å². The number of hydrogen-bond donors (Lipinski definition) is 1. The zero-order chi connectivity index (χ0) is 22.8. The minimum atomic E-state index is -4.30. The molecule has 3 rings (SSSR count). The van der Waals surface area contributed by atoms with Gasteiger partial charge in [0.2, 0.25) is 5.91 Å². The van der Waals surface area contributed by atoms with Crippen LogP contribution in [0.3, 0.4) is 0 Å². The highest BCUT2D eigenvalue weighted by atomic mass is 19.4. The van der Waals surface area contributed by atoms with Crippen LogP contribution in [0.1, 0.15) is 43.0 Å². The van der Waals surface area contributed by atoms with Crippen molar-refractivity contribution in [1.29, 1.82) is 0 Å². The van der Waals surface area contributed by atoms with Crippen molar-refractivity contribution >= 4 is 23.2 Å². The number of alkyl halides is 3. The Balaban J connectivity index is 1.71. The summed E-state index contributed by atoms with van der Waals surface area (Å²) in [5, 5.41) is 14.2. The summed E-state index contributed by atoms with van der Waals surface area (Å²) in [6.45, 7) is 3.20. The third-order valence-electron chi connectivity index (χ3n) is 5.97. The Morgan fingerprint density at radius 3 is 2.42 bits per heavy atom. The van der Waals surface area contributed by atoms with Gasteiger partial charge in [-0.1, -0.05) is 6.42 Å². The fourth-order valence-electron chi connectivity index (χ4n) is 4.23. The van der Waals surface area contributed by atoms with E-state index in [0.717, 1.165) is 6.07 Å². The molecular formula is C20H25F3N4O4. The van der Waals surface area contributed by atoms with Crippen LogP contribution in [0.15, 0.2) is 18.2 Å². The molecule has 2 amide bonds. The molecule has 0 aromatic heterocycles. The predicted octanol–water partition coefficient (Wildman–Crippen LogP) is 3.11. The second-order valence-electron chi connectivity index (χ2n) is 8.03. The fraction of sp³-hybridized carbons (Fsp3) is 0.600. The van der Waals surface area contributed by atoms with Gasteiger partial charge in [0, 0.05) is 50.8 Å². The van der Waals surface area contributed by atoms with Gasteiger partial charge in [0.25, 0.3) is 11.6 Å². The highest BCUT2D eigenvalue weighted by molar-refractivity contribution is 5.96. The third kappa shape index (κ3) is 5.45. The number of nitro groups is 1. The highest BCUT2D eigenvalue weighted by Crippen LogP contribution is 2.37. The molecule has 1 saturated carbocycles. The first-order chi connectivity index (χ1) is 14.6. The molecule has 0 spiro atoms. The van der Waals surface area contributed by atoms with Crippen molar-refractivity contribution in [3.63, 3.8) is 0 Å². The number of hydrogen-bond acceptors (Lipinski definition) is 5. The lowest BCUT2D eigenvalue weighted by Gasteiger charge is -2.35. The number of amides is 2. The van der Waals surface area contributed by atoms with Gasteiger partial charge in [-0.05, 0) is 31.4 Å². The average molecular weight is 442 g/mol. The second kappa shape index (κ2) is 9.11. The van der Waals surface area contributed by atoms with Gasteiger partial charge in [-0.3, -0.25) is 19.7 Å². The van der Waals surface area contributed by atoms with E-state index >= 15 is 0 Å². The SMILES string of the molecule is CC(=O)N1CCN(c2ccc(C(=O)N[C@H]3CCC[C@@H](C(F)(F)F)C3)cc2[N+](=O)[O-])CC1. The maximum absolute atomic E-state index is 13.0. The van der Waals surface area contributed by atoms with Crippen molar-refractivity contribution in [3.8, 4) is 0 Å². The number of anilines is 1. The molecule has 1 aliphatic carbocycles. The Morgan fingerprint density at radius 2 is 1.84 bits per heavy atom. The summed E-state index contributed by atoms with van der Waals surface area (Å²) < 4.78 is 39.0. The van der Waals surface area contributed by atoms with Crippen LogP contribution < -0.4 is 10.2 Å². The summed E-state index contributed by atoms with van der Waals surface area (Å²) in [6, 6.07) is 3.47. The lowest BCUT2D eigenvalue weighted by molar-refractivity contribution is -0.384. The molecule has 2 fully saturated rings. The number of nitrogens with one attached hydrogen (secondary N) is 1. The summed E-state index contributed by atoms with van der Waals surface area (Å²) in [5.74, 6) is -2.13. The van der Waals surface area contributed by atoms with Gasteiger partial charge in [0.1, 0.15) is 5.69 Å². The van der Waals surface area contributed by atoms with Gasteiger partial charge in [-0.15, -0.1) is 0 Å². The van der Waals surface area contributed by atoms with Crippen molar-refractivity contribution < 1.29 is 27.7 Å². The van der Waals surface area contributed by atoms with E-state index in [-0.39, 0.29) is 30.0 Å². The number of nitrogens with zero attached hydrogens (tertiary/aromatic N) is 3. The molecule has 1 heterocycles. The zero-order valence-corrected chi connectivity index (χ0v) is 17.2. The summed E-state index contributed by atoms with van der Waals surface area (Å²) in [7, 11) is 0. The first kappa shape index (κ1) is 22.8. The fourth-order valence-corrected chi connectivity index (χ4v) is 4.23. The van der Waals surface area contributed by atoms with Crippen LogP contribution in [0.2, 0.25) is 0 Å². The molecule has 11 heteroatoms. The average Bonchev–Trinajstić information content (AvgIpc) is 2.73. The molecule has 1 saturated heterocycles. The zero-order valence-electron chi connectivity index (χ0n) is 17.2. The predicted molar refractivity (Wildman–Crippen MR) is 107 cm³/mol. The normalized spacial score (nSPS) is 22.2. The van der Waals surface area contributed by atoms with E-state index in [2.05, 4.69) is 5.32 Å². The van der Waals surface area contributed by atoms with Crippen LogP contribution in [0.25, 0.3) is 0 Å². The Morgan fingerprint density at radius 1 is 1.16 bits per heavy atom. The summed E-state index contributed by atoms with van der Waals surface area (Å²) in [4.78, 5) is 38.5. The van der Waals surface area contributed by atoms with Gasteiger partial charge in [0.05, 0.1) is 10.8 Å². The number of carbonyl (C=O) groups is 2. The highest BCUT2D eigenvalue weighted by Gasteiger charge is 2.42. The Hall–Kier alpha value is -2.85. The number of rotatable bonds is 4. The number of halogens is 3. The molecule has 0 bridgehead atoms. The van der Waals surface area contributed by atoms with Gasteiger partial charge in [-0.25, -0.2) is 0 Å². The number of piperazine rings is 1. The first-order valence-corrected chi connectivity index (χ1v) is 10.2. The van der Waals surface area contributed by atoms with Crippen molar-refractivity contribution in [2.75, 3.05) is 31.1 Å². The van der Waals surface area contributed by atoms with E-state index in [0.29, 0.717) is 44.7 Å². The van der Waals surface area contributed by atoms with Gasteiger partial charge in [0.15, 0.2) is 0 Å².